The summed E-state index contributed by atoms with van der Waals surface area (Å²) in [5, 5.41) is 0. The molecule has 0 aliphatic carbocycles. The van der Waals surface area contributed by atoms with Crippen molar-refractivity contribution in [2.45, 2.75) is 21.6 Å². The predicted octanol–water partition coefficient (Wildman–Crippen LogP) is 5.03. The highest BCUT2D eigenvalue weighted by Crippen LogP contribution is 2.50. The van der Waals surface area contributed by atoms with E-state index in [1.807, 2.05) is 23.5 Å². The van der Waals surface area contributed by atoms with E-state index in [1.165, 1.54) is 26.1 Å². The lowest BCUT2D eigenvalue weighted by atomic mass is 10.2. The minimum absolute atomic E-state index is 1.11. The molecule has 0 spiro atoms. The van der Waals surface area contributed by atoms with Crippen LogP contribution in [-0.4, -0.2) is 12.8 Å². The maximum absolute atomic E-state index is 2.29. The standard InChI is InChI=1S/C15H15NS2/c1-3-17-14-10-6-8-12-15(14)18-13-9-5-4-7-11(13)16(12)2/h4-10H,3H2,1-2H3. The zero-order valence-corrected chi connectivity index (χ0v) is 12.1. The second-order valence-electron chi connectivity index (χ2n) is 4.17. The number of hydrogen-bond donors (Lipinski definition) is 0. The van der Waals surface area contributed by atoms with Gasteiger partial charge in [0.05, 0.1) is 11.4 Å². The van der Waals surface area contributed by atoms with E-state index in [-0.39, 0.29) is 0 Å². The predicted molar refractivity (Wildman–Crippen MR) is 81.5 cm³/mol. The van der Waals surface area contributed by atoms with Crippen molar-refractivity contribution < 1.29 is 0 Å². The van der Waals surface area contributed by atoms with Crippen LogP contribution in [0.15, 0.2) is 57.2 Å². The Hall–Kier alpha value is -1.06. The number of nitrogens with zero attached hydrogens (tertiary/aromatic N) is 1. The molecule has 1 aliphatic rings. The first kappa shape index (κ1) is 12.0. The van der Waals surface area contributed by atoms with Crippen LogP contribution in [0.3, 0.4) is 0 Å². The highest BCUT2D eigenvalue weighted by Gasteiger charge is 2.22. The molecule has 3 rings (SSSR count). The molecule has 0 fully saturated rings. The number of anilines is 2. The zero-order valence-electron chi connectivity index (χ0n) is 10.5. The van der Waals surface area contributed by atoms with Gasteiger partial charge in [-0.2, -0.15) is 0 Å². The number of fused-ring (bicyclic) bond motifs is 2. The molecular formula is C15H15NS2. The van der Waals surface area contributed by atoms with Crippen molar-refractivity contribution in [1.82, 2.24) is 0 Å². The van der Waals surface area contributed by atoms with Gasteiger partial charge in [-0.3, -0.25) is 0 Å². The molecule has 0 bridgehead atoms. The summed E-state index contributed by atoms with van der Waals surface area (Å²) in [5.74, 6) is 1.11. The summed E-state index contributed by atoms with van der Waals surface area (Å²) in [6.45, 7) is 2.20. The summed E-state index contributed by atoms with van der Waals surface area (Å²) in [5.41, 5.74) is 2.62. The van der Waals surface area contributed by atoms with Crippen LogP contribution in [0.5, 0.6) is 0 Å². The molecule has 2 aromatic rings. The summed E-state index contributed by atoms with van der Waals surface area (Å²) in [4.78, 5) is 6.42. The minimum atomic E-state index is 1.11. The van der Waals surface area contributed by atoms with Crippen LogP contribution in [0.2, 0.25) is 0 Å². The van der Waals surface area contributed by atoms with Crippen LogP contribution in [-0.2, 0) is 0 Å². The SMILES string of the molecule is CCSc1cccc2c1Sc1ccccc1N2C. The fraction of sp³-hybridized carbons (Fsp3) is 0.200. The van der Waals surface area contributed by atoms with E-state index in [9.17, 15) is 0 Å². The van der Waals surface area contributed by atoms with Crippen molar-refractivity contribution in [3.63, 3.8) is 0 Å². The lowest BCUT2D eigenvalue weighted by Crippen LogP contribution is -2.14. The maximum Gasteiger partial charge on any atom is 0.0561 e. The van der Waals surface area contributed by atoms with Crippen LogP contribution in [0.25, 0.3) is 0 Å². The Kier molecular flexibility index (Phi) is 3.27. The molecule has 0 unspecified atom stereocenters. The van der Waals surface area contributed by atoms with Crippen molar-refractivity contribution in [1.29, 1.82) is 0 Å². The second-order valence-corrected chi connectivity index (χ2v) is 6.52. The molecule has 0 N–H and O–H groups in total. The smallest absolute Gasteiger partial charge is 0.0561 e. The molecule has 2 aromatic carbocycles. The Morgan fingerprint density at radius 2 is 1.83 bits per heavy atom. The van der Waals surface area contributed by atoms with Crippen LogP contribution in [0.4, 0.5) is 11.4 Å². The van der Waals surface area contributed by atoms with Crippen LogP contribution in [0.1, 0.15) is 6.92 Å². The number of benzene rings is 2. The van der Waals surface area contributed by atoms with Gasteiger partial charge in [-0.05, 0) is 30.0 Å². The first-order valence-corrected chi connectivity index (χ1v) is 7.88. The molecule has 0 aromatic heterocycles. The van der Waals surface area contributed by atoms with E-state index < -0.39 is 0 Å². The van der Waals surface area contributed by atoms with Crippen LogP contribution in [0, 0.1) is 0 Å². The summed E-state index contributed by atoms with van der Waals surface area (Å²) in [6, 6.07) is 15.2. The van der Waals surface area contributed by atoms with Gasteiger partial charge in [-0.1, -0.05) is 36.9 Å². The van der Waals surface area contributed by atoms with Crippen molar-refractivity contribution in [3.05, 3.63) is 42.5 Å². The van der Waals surface area contributed by atoms with Gasteiger partial charge in [0.1, 0.15) is 0 Å². The lowest BCUT2D eigenvalue weighted by molar-refractivity contribution is 1.07. The molecule has 0 atom stereocenters. The second kappa shape index (κ2) is 4.90. The Morgan fingerprint density at radius 1 is 1.06 bits per heavy atom. The monoisotopic (exact) mass is 273 g/mol. The van der Waals surface area contributed by atoms with Crippen LogP contribution < -0.4 is 4.90 Å². The molecule has 3 heteroatoms. The highest BCUT2D eigenvalue weighted by molar-refractivity contribution is 8.02. The van der Waals surface area contributed by atoms with Crippen LogP contribution >= 0.6 is 23.5 Å². The number of para-hydroxylation sites is 1. The molecule has 1 aliphatic heterocycles. The van der Waals surface area contributed by atoms with Gasteiger partial charge in [0.25, 0.3) is 0 Å². The Morgan fingerprint density at radius 3 is 2.67 bits per heavy atom. The number of thioether (sulfide) groups is 1. The van der Waals surface area contributed by atoms with E-state index in [0.29, 0.717) is 0 Å². The molecule has 0 saturated heterocycles. The lowest BCUT2D eigenvalue weighted by Gasteiger charge is -2.30. The third kappa shape index (κ3) is 1.91. The Balaban J connectivity index is 2.12. The topological polar surface area (TPSA) is 3.24 Å². The van der Waals surface area contributed by atoms with E-state index in [0.717, 1.165) is 5.75 Å². The van der Waals surface area contributed by atoms with E-state index >= 15 is 0 Å². The summed E-state index contributed by atoms with van der Waals surface area (Å²) in [7, 11) is 2.15. The first-order chi connectivity index (χ1) is 8.81. The van der Waals surface area contributed by atoms with Crippen molar-refractivity contribution in [2.24, 2.45) is 0 Å². The number of rotatable bonds is 2. The molecule has 1 heterocycles. The normalized spacial score (nSPS) is 13.1. The molecule has 0 radical (unpaired) electrons. The van der Waals surface area contributed by atoms with Gasteiger partial charge < -0.3 is 4.90 Å². The number of hydrogen-bond acceptors (Lipinski definition) is 3. The average Bonchev–Trinajstić information content (AvgIpc) is 2.40. The van der Waals surface area contributed by atoms with Gasteiger partial charge in [0.2, 0.25) is 0 Å². The van der Waals surface area contributed by atoms with E-state index in [4.69, 9.17) is 0 Å². The summed E-state index contributed by atoms with van der Waals surface area (Å²) < 4.78 is 0. The fourth-order valence-corrected chi connectivity index (χ4v) is 4.38. The molecule has 18 heavy (non-hydrogen) atoms. The van der Waals surface area contributed by atoms with Crippen molar-refractivity contribution in [2.75, 3.05) is 17.7 Å². The average molecular weight is 273 g/mol. The largest absolute Gasteiger partial charge is 0.343 e. The molecular weight excluding hydrogens is 258 g/mol. The maximum atomic E-state index is 2.29. The van der Waals surface area contributed by atoms with Gasteiger partial charge in [0, 0.05) is 21.7 Å². The fourth-order valence-electron chi connectivity index (χ4n) is 2.20. The third-order valence-electron chi connectivity index (χ3n) is 3.06. The summed E-state index contributed by atoms with van der Waals surface area (Å²) in [6.07, 6.45) is 0. The molecule has 0 saturated carbocycles. The van der Waals surface area contributed by atoms with Gasteiger partial charge in [0.15, 0.2) is 0 Å². The first-order valence-electron chi connectivity index (χ1n) is 6.07. The van der Waals surface area contributed by atoms with Gasteiger partial charge in [-0.15, -0.1) is 11.8 Å². The van der Waals surface area contributed by atoms with Gasteiger partial charge >= 0.3 is 0 Å². The third-order valence-corrected chi connectivity index (χ3v) is 5.33. The molecule has 0 amide bonds. The minimum Gasteiger partial charge on any atom is -0.343 e. The Bertz CT molecular complexity index is 580. The van der Waals surface area contributed by atoms with Crippen molar-refractivity contribution >= 4 is 34.9 Å². The van der Waals surface area contributed by atoms with E-state index in [2.05, 4.69) is 61.3 Å². The van der Waals surface area contributed by atoms with E-state index in [1.54, 1.807) is 0 Å². The summed E-state index contributed by atoms with van der Waals surface area (Å²) >= 11 is 3.81. The zero-order chi connectivity index (χ0) is 12.5. The molecule has 1 nitrogen and oxygen atoms in total. The quantitative estimate of drug-likeness (QED) is 0.706. The Labute approximate surface area is 117 Å². The highest BCUT2D eigenvalue weighted by atomic mass is 32.2. The van der Waals surface area contributed by atoms with Crippen molar-refractivity contribution in [3.8, 4) is 0 Å². The van der Waals surface area contributed by atoms with Gasteiger partial charge in [-0.25, -0.2) is 0 Å². The molecule has 92 valence electrons.